The van der Waals surface area contributed by atoms with Crippen molar-refractivity contribution in [3.05, 3.63) is 29.3 Å². The lowest BCUT2D eigenvalue weighted by Gasteiger charge is -2.04. The molecular weight excluding hydrogens is 202 g/mol. The van der Waals surface area contributed by atoms with Crippen molar-refractivity contribution < 1.29 is 5.11 Å². The molecule has 1 aromatic rings. The third kappa shape index (κ3) is 3.89. The van der Waals surface area contributed by atoms with Crippen LogP contribution in [0.4, 0.5) is 0 Å². The lowest BCUT2D eigenvalue weighted by atomic mass is 10.1. The van der Waals surface area contributed by atoms with E-state index in [0.717, 1.165) is 31.5 Å². The minimum Gasteiger partial charge on any atom is -0.507 e. The topological polar surface area (TPSA) is 82.1 Å². The van der Waals surface area contributed by atoms with Gasteiger partial charge in [-0.1, -0.05) is 6.07 Å². The van der Waals surface area contributed by atoms with E-state index in [2.05, 4.69) is 5.32 Å². The van der Waals surface area contributed by atoms with E-state index in [0.29, 0.717) is 12.1 Å². The molecule has 0 atom stereocenters. The molecule has 1 aromatic carbocycles. The van der Waals surface area contributed by atoms with Gasteiger partial charge < -0.3 is 16.2 Å². The molecule has 0 amide bonds. The Kier molecular flexibility index (Phi) is 5.34. The molecule has 16 heavy (non-hydrogen) atoms. The van der Waals surface area contributed by atoms with Gasteiger partial charge in [-0.05, 0) is 37.1 Å². The van der Waals surface area contributed by atoms with Gasteiger partial charge in [-0.3, -0.25) is 0 Å². The molecule has 0 aliphatic carbocycles. The zero-order valence-electron chi connectivity index (χ0n) is 9.24. The first-order chi connectivity index (χ1) is 7.77. The van der Waals surface area contributed by atoms with Crippen molar-refractivity contribution in [3.63, 3.8) is 0 Å². The monoisotopic (exact) mass is 219 g/mol. The van der Waals surface area contributed by atoms with Gasteiger partial charge in [-0.25, -0.2) is 0 Å². The number of nitrogens with zero attached hydrogens (tertiary/aromatic N) is 1. The minimum atomic E-state index is 0.0647. The zero-order valence-corrected chi connectivity index (χ0v) is 9.24. The van der Waals surface area contributed by atoms with Crippen molar-refractivity contribution in [2.24, 2.45) is 5.73 Å². The van der Waals surface area contributed by atoms with Gasteiger partial charge in [0.05, 0.1) is 5.56 Å². The molecule has 4 N–H and O–H groups in total. The number of nitrogens with one attached hydrogen (secondary N) is 1. The van der Waals surface area contributed by atoms with Crippen LogP contribution < -0.4 is 11.1 Å². The van der Waals surface area contributed by atoms with Crippen LogP contribution in [0.2, 0.25) is 0 Å². The van der Waals surface area contributed by atoms with Crippen LogP contribution >= 0.6 is 0 Å². The molecule has 0 fully saturated rings. The van der Waals surface area contributed by atoms with Crippen molar-refractivity contribution in [1.29, 1.82) is 5.26 Å². The molecule has 0 bridgehead atoms. The molecule has 86 valence electrons. The largest absolute Gasteiger partial charge is 0.507 e. The fourth-order valence-corrected chi connectivity index (χ4v) is 1.47. The molecule has 0 aliphatic heterocycles. The molecule has 0 saturated heterocycles. The summed E-state index contributed by atoms with van der Waals surface area (Å²) in [6.45, 7) is 2.40. The van der Waals surface area contributed by atoms with Gasteiger partial charge in [-0.2, -0.15) is 5.26 Å². The van der Waals surface area contributed by atoms with Gasteiger partial charge in [0.25, 0.3) is 0 Å². The Labute approximate surface area is 95.7 Å². The summed E-state index contributed by atoms with van der Waals surface area (Å²) in [7, 11) is 0. The molecule has 0 aromatic heterocycles. The van der Waals surface area contributed by atoms with Gasteiger partial charge in [0, 0.05) is 13.1 Å². The Hall–Kier alpha value is -1.57. The van der Waals surface area contributed by atoms with Crippen molar-refractivity contribution in [2.45, 2.75) is 12.8 Å². The number of hydrogen-bond donors (Lipinski definition) is 3. The molecule has 4 heteroatoms. The summed E-state index contributed by atoms with van der Waals surface area (Å²) in [5.74, 6) is 0.0647. The highest BCUT2D eigenvalue weighted by Gasteiger charge is 2.01. The molecule has 1 rings (SSSR count). The molecular formula is C12H17N3O. The molecule has 0 unspecified atom stereocenters. The Morgan fingerprint density at radius 1 is 1.38 bits per heavy atom. The Balaban J connectivity index is 2.38. The Morgan fingerprint density at radius 3 is 2.81 bits per heavy atom. The maximum Gasteiger partial charge on any atom is 0.133 e. The number of phenols is 1. The highest BCUT2D eigenvalue weighted by Crippen LogP contribution is 2.18. The van der Waals surface area contributed by atoms with Crippen LogP contribution in [0.1, 0.15) is 17.5 Å². The van der Waals surface area contributed by atoms with Gasteiger partial charge in [0.1, 0.15) is 11.8 Å². The van der Waals surface area contributed by atoms with Crippen molar-refractivity contribution in [1.82, 2.24) is 5.32 Å². The number of nitrogens with two attached hydrogens (primary N) is 1. The summed E-state index contributed by atoms with van der Waals surface area (Å²) in [5.41, 5.74) is 6.72. The van der Waals surface area contributed by atoms with Crippen LogP contribution in [0.25, 0.3) is 0 Å². The van der Waals surface area contributed by atoms with E-state index in [1.807, 2.05) is 12.1 Å². The molecule has 0 radical (unpaired) electrons. The van der Waals surface area contributed by atoms with E-state index in [4.69, 9.17) is 11.0 Å². The number of aromatic hydroxyl groups is 1. The first-order valence-corrected chi connectivity index (χ1v) is 5.40. The maximum atomic E-state index is 9.48. The number of benzene rings is 1. The highest BCUT2D eigenvalue weighted by atomic mass is 16.3. The normalized spacial score (nSPS) is 10.0. The molecule has 0 saturated carbocycles. The number of aryl methyl sites for hydroxylation is 1. The second-order valence-electron chi connectivity index (χ2n) is 3.61. The fourth-order valence-electron chi connectivity index (χ4n) is 1.47. The van der Waals surface area contributed by atoms with E-state index in [9.17, 15) is 5.11 Å². The third-order valence-electron chi connectivity index (χ3n) is 2.32. The average Bonchev–Trinajstić information content (AvgIpc) is 2.29. The smallest absolute Gasteiger partial charge is 0.133 e. The SMILES string of the molecule is N#Cc1ccc(CCCNCCN)cc1O. The summed E-state index contributed by atoms with van der Waals surface area (Å²) >= 11 is 0. The molecule has 4 nitrogen and oxygen atoms in total. The van der Waals surface area contributed by atoms with Crippen molar-refractivity contribution >= 4 is 0 Å². The minimum absolute atomic E-state index is 0.0647. The van der Waals surface area contributed by atoms with Crippen LogP contribution in [-0.4, -0.2) is 24.7 Å². The predicted octanol–water partition coefficient (Wildman–Crippen LogP) is 0.745. The maximum absolute atomic E-state index is 9.48. The number of hydrogen-bond acceptors (Lipinski definition) is 4. The lowest BCUT2D eigenvalue weighted by Crippen LogP contribution is -2.23. The molecule has 0 heterocycles. The third-order valence-corrected chi connectivity index (χ3v) is 2.32. The van der Waals surface area contributed by atoms with Gasteiger partial charge in [0.2, 0.25) is 0 Å². The predicted molar refractivity (Wildman–Crippen MR) is 63.1 cm³/mol. The summed E-state index contributed by atoms with van der Waals surface area (Å²) in [5, 5.41) is 21.3. The van der Waals surface area contributed by atoms with E-state index in [1.165, 1.54) is 0 Å². The van der Waals surface area contributed by atoms with Crippen molar-refractivity contribution in [2.75, 3.05) is 19.6 Å². The van der Waals surface area contributed by atoms with E-state index >= 15 is 0 Å². The highest BCUT2D eigenvalue weighted by molar-refractivity contribution is 5.44. The lowest BCUT2D eigenvalue weighted by molar-refractivity contribution is 0.472. The van der Waals surface area contributed by atoms with E-state index in [-0.39, 0.29) is 5.75 Å². The van der Waals surface area contributed by atoms with E-state index in [1.54, 1.807) is 12.1 Å². The number of nitriles is 1. The summed E-state index contributed by atoms with van der Waals surface area (Å²) < 4.78 is 0. The average molecular weight is 219 g/mol. The second kappa shape index (κ2) is 6.83. The Morgan fingerprint density at radius 2 is 2.19 bits per heavy atom. The molecule has 0 spiro atoms. The van der Waals surface area contributed by atoms with Crippen LogP contribution in [0.15, 0.2) is 18.2 Å². The number of phenolic OH excluding ortho intramolecular Hbond substituents is 1. The van der Waals surface area contributed by atoms with Crippen molar-refractivity contribution in [3.8, 4) is 11.8 Å². The van der Waals surface area contributed by atoms with Crippen LogP contribution in [0, 0.1) is 11.3 Å². The van der Waals surface area contributed by atoms with Gasteiger partial charge in [-0.15, -0.1) is 0 Å². The zero-order chi connectivity index (χ0) is 11.8. The van der Waals surface area contributed by atoms with Crippen LogP contribution in [0.3, 0.4) is 0 Å². The Bertz CT molecular complexity index is 371. The fraction of sp³-hybridized carbons (Fsp3) is 0.417. The van der Waals surface area contributed by atoms with Crippen LogP contribution in [0.5, 0.6) is 5.75 Å². The second-order valence-corrected chi connectivity index (χ2v) is 3.61. The van der Waals surface area contributed by atoms with Gasteiger partial charge in [0.15, 0.2) is 0 Å². The summed E-state index contributed by atoms with van der Waals surface area (Å²) in [6.07, 6.45) is 1.88. The van der Waals surface area contributed by atoms with Gasteiger partial charge >= 0.3 is 0 Å². The summed E-state index contributed by atoms with van der Waals surface area (Å²) in [6, 6.07) is 7.11. The van der Waals surface area contributed by atoms with Crippen LogP contribution in [-0.2, 0) is 6.42 Å². The first kappa shape index (κ1) is 12.5. The first-order valence-electron chi connectivity index (χ1n) is 5.40. The quantitative estimate of drug-likeness (QED) is 0.616. The number of rotatable bonds is 6. The standard InChI is InChI=1S/C12H17N3O/c13-5-7-15-6-1-2-10-3-4-11(9-14)12(16)8-10/h3-4,8,15-16H,1-2,5-7,13H2. The van der Waals surface area contributed by atoms with E-state index < -0.39 is 0 Å². The molecule has 0 aliphatic rings. The summed E-state index contributed by atoms with van der Waals surface area (Å²) in [4.78, 5) is 0.